The van der Waals surface area contributed by atoms with E-state index in [1.807, 2.05) is 6.20 Å². The smallest absolute Gasteiger partial charge is 0.130 e. The van der Waals surface area contributed by atoms with E-state index in [0.717, 1.165) is 28.3 Å². The van der Waals surface area contributed by atoms with Crippen LogP contribution in [-0.2, 0) is 6.42 Å². The van der Waals surface area contributed by atoms with Crippen molar-refractivity contribution >= 4 is 27.6 Å². The Morgan fingerprint density at radius 1 is 1.43 bits per heavy atom. The van der Waals surface area contributed by atoms with E-state index in [2.05, 4.69) is 21.9 Å². The van der Waals surface area contributed by atoms with E-state index >= 15 is 0 Å². The first-order valence-corrected chi connectivity index (χ1v) is 4.62. The second kappa shape index (κ2) is 3.99. The second-order valence-corrected chi connectivity index (χ2v) is 3.04. The van der Waals surface area contributed by atoms with Gasteiger partial charge < -0.3 is 0 Å². The minimum Gasteiger partial charge on any atom is -0.270 e. The van der Waals surface area contributed by atoms with Crippen LogP contribution in [0.15, 0.2) is 16.2 Å². The highest BCUT2D eigenvalue weighted by molar-refractivity contribution is 7.27. The monoisotopic (exact) mass is 179 g/mol. The molecule has 0 bridgehead atoms. The molecule has 2 heterocycles. The molecule has 4 radical (unpaired) electrons. The molecule has 1 aromatic rings. The van der Waals surface area contributed by atoms with Gasteiger partial charge in [-0.1, -0.05) is 6.92 Å². The molecule has 0 atom stereocenters. The minimum absolute atomic E-state index is 0.513. The summed E-state index contributed by atoms with van der Waals surface area (Å²) < 4.78 is 0. The summed E-state index contributed by atoms with van der Waals surface area (Å²) in [5.41, 5.74) is 1.95. The molecule has 64 valence electrons. The van der Waals surface area contributed by atoms with E-state index in [0.29, 0.717) is 6.67 Å². The molecule has 0 aromatic carbocycles. The predicted molar refractivity (Wildman–Crippen MR) is 57.7 cm³/mol. The number of pyridine rings is 1. The molecule has 6 heteroatoms. The number of aromatic nitrogens is 1. The quantitative estimate of drug-likeness (QED) is 0.488. The lowest BCUT2D eigenvalue weighted by molar-refractivity contribution is 1.03. The van der Waals surface area contributed by atoms with Crippen molar-refractivity contribution in [3.8, 4) is 0 Å². The Bertz CT molecular complexity index is 458. The van der Waals surface area contributed by atoms with Crippen molar-refractivity contribution in [2.45, 2.75) is 13.3 Å². The molecule has 0 saturated heterocycles. The number of aryl methyl sites for hydroxylation is 1. The molecule has 1 aromatic heterocycles. The summed E-state index contributed by atoms with van der Waals surface area (Å²) in [6, 6.07) is 0. The Labute approximate surface area is 85.6 Å². The summed E-state index contributed by atoms with van der Waals surface area (Å²) in [7, 11) is 8.56. The van der Waals surface area contributed by atoms with Gasteiger partial charge in [0.05, 0.1) is 10.7 Å². The normalized spacial score (nSPS) is 12.6. The zero-order valence-electron chi connectivity index (χ0n) is 8.07. The molecule has 2 rings (SSSR count). The van der Waals surface area contributed by atoms with Crippen LogP contribution >= 0.6 is 0 Å². The first kappa shape index (κ1) is 9.50. The molecular weight excluding hydrogens is 171 g/mol. The van der Waals surface area contributed by atoms with Crippen LogP contribution in [0.5, 0.6) is 0 Å². The van der Waals surface area contributed by atoms with Crippen LogP contribution in [-0.4, -0.2) is 33.6 Å². The van der Waals surface area contributed by atoms with Gasteiger partial charge in [-0.2, -0.15) is 0 Å². The van der Waals surface area contributed by atoms with Gasteiger partial charge in [0.15, 0.2) is 0 Å². The van der Waals surface area contributed by atoms with Crippen LogP contribution in [0.1, 0.15) is 12.5 Å². The van der Waals surface area contributed by atoms with E-state index in [1.165, 1.54) is 7.06 Å². The number of hydrogen-bond acceptors (Lipinski definition) is 3. The van der Waals surface area contributed by atoms with Crippen molar-refractivity contribution in [3.63, 3.8) is 0 Å². The highest BCUT2D eigenvalue weighted by Gasteiger charge is 2.07. The fraction of sp³-hybridized carbons (Fsp3) is 0.375. The number of rotatable bonds is 3. The fourth-order valence-electron chi connectivity index (χ4n) is 1.52. The third-order valence-electron chi connectivity index (χ3n) is 2.22. The first-order chi connectivity index (χ1) is 6.86. The van der Waals surface area contributed by atoms with Gasteiger partial charge >= 0.3 is 0 Å². The van der Waals surface area contributed by atoms with Gasteiger partial charge in [0.25, 0.3) is 0 Å². The largest absolute Gasteiger partial charge is 0.270 e. The Morgan fingerprint density at radius 2 is 2.21 bits per heavy atom. The lowest BCUT2D eigenvalue weighted by Gasteiger charge is -1.99. The van der Waals surface area contributed by atoms with Gasteiger partial charge in [-0.15, -0.1) is 0 Å². The SMILES string of the molecule is [B][B][B]c1ncc(CC)c2c1=NCN=2. The standard InChI is InChI=1S/C8H8B3N3/c1-2-5-3-12-8(10-11-9)7-6(5)13-4-14-7/h3H,2,4H2,1H3. The van der Waals surface area contributed by atoms with Gasteiger partial charge in [0.2, 0.25) is 0 Å². The molecule has 0 unspecified atom stereocenters. The summed E-state index contributed by atoms with van der Waals surface area (Å²) in [5, 5.41) is 1.86. The zero-order valence-corrected chi connectivity index (χ0v) is 8.07. The van der Waals surface area contributed by atoms with E-state index in [9.17, 15) is 0 Å². The Hall–Kier alpha value is -1.06. The summed E-state index contributed by atoms with van der Waals surface area (Å²) in [4.78, 5) is 12.9. The van der Waals surface area contributed by atoms with Crippen LogP contribution in [0.25, 0.3) is 0 Å². The summed E-state index contributed by atoms with van der Waals surface area (Å²) in [6.07, 6.45) is 2.78. The maximum atomic E-state index is 5.33. The van der Waals surface area contributed by atoms with E-state index in [1.54, 1.807) is 7.17 Å². The van der Waals surface area contributed by atoms with Crippen molar-refractivity contribution in [2.24, 2.45) is 9.98 Å². The van der Waals surface area contributed by atoms with Crippen molar-refractivity contribution < 1.29 is 0 Å². The maximum absolute atomic E-state index is 5.33. The van der Waals surface area contributed by atoms with E-state index in [4.69, 9.17) is 7.74 Å². The van der Waals surface area contributed by atoms with Crippen LogP contribution in [0, 0.1) is 0 Å². The Balaban J connectivity index is 2.61. The molecule has 0 N–H and O–H groups in total. The lowest BCUT2D eigenvalue weighted by atomic mass is 9.27. The first-order valence-electron chi connectivity index (χ1n) is 4.62. The predicted octanol–water partition coefficient (Wildman–Crippen LogP) is -2.11. The number of hydrogen-bond donors (Lipinski definition) is 0. The van der Waals surface area contributed by atoms with Crippen LogP contribution < -0.4 is 16.3 Å². The molecule has 0 amide bonds. The third-order valence-corrected chi connectivity index (χ3v) is 2.22. The van der Waals surface area contributed by atoms with Gasteiger partial charge in [-0.3, -0.25) is 15.0 Å². The van der Waals surface area contributed by atoms with E-state index in [-0.39, 0.29) is 0 Å². The van der Waals surface area contributed by atoms with Crippen molar-refractivity contribution in [2.75, 3.05) is 6.67 Å². The van der Waals surface area contributed by atoms with Crippen LogP contribution in [0.2, 0.25) is 0 Å². The molecule has 0 fully saturated rings. The molecule has 1 aliphatic rings. The highest BCUT2D eigenvalue weighted by atomic mass is 15.0. The molecule has 1 aliphatic heterocycles. The van der Waals surface area contributed by atoms with Crippen molar-refractivity contribution in [1.29, 1.82) is 0 Å². The molecule has 0 saturated carbocycles. The third kappa shape index (κ3) is 1.49. The van der Waals surface area contributed by atoms with Crippen molar-refractivity contribution in [3.05, 3.63) is 22.5 Å². The van der Waals surface area contributed by atoms with Gasteiger partial charge in [0.1, 0.15) is 13.8 Å². The average Bonchev–Trinajstić information content (AvgIpc) is 2.67. The van der Waals surface area contributed by atoms with Crippen LogP contribution in [0.4, 0.5) is 0 Å². The summed E-state index contributed by atoms with van der Waals surface area (Å²) >= 11 is 0. The van der Waals surface area contributed by atoms with Gasteiger partial charge in [0, 0.05) is 26.6 Å². The summed E-state index contributed by atoms with van der Waals surface area (Å²) in [6.45, 7) is 2.60. The fourth-order valence-corrected chi connectivity index (χ4v) is 1.52. The molecule has 0 spiro atoms. The maximum Gasteiger partial charge on any atom is 0.130 e. The molecule has 3 nitrogen and oxygen atoms in total. The highest BCUT2D eigenvalue weighted by Crippen LogP contribution is 1.87. The van der Waals surface area contributed by atoms with Gasteiger partial charge in [-0.25, -0.2) is 0 Å². The number of nitrogens with zero attached hydrogens (tertiary/aromatic N) is 3. The topological polar surface area (TPSA) is 37.6 Å². The van der Waals surface area contributed by atoms with Crippen LogP contribution in [0.3, 0.4) is 0 Å². The minimum atomic E-state index is 0.513. The molecule has 14 heavy (non-hydrogen) atoms. The average molecular weight is 179 g/mol. The van der Waals surface area contributed by atoms with E-state index < -0.39 is 0 Å². The van der Waals surface area contributed by atoms with Gasteiger partial charge in [-0.05, 0) is 12.0 Å². The summed E-state index contributed by atoms with van der Waals surface area (Å²) in [5.74, 6) is 0. The molecule has 0 aliphatic carbocycles. The Morgan fingerprint density at radius 3 is 2.93 bits per heavy atom. The Kier molecular flexibility index (Phi) is 2.70. The number of fused-ring (bicyclic) bond motifs is 1. The van der Waals surface area contributed by atoms with Crippen molar-refractivity contribution in [1.82, 2.24) is 4.98 Å². The second-order valence-electron chi connectivity index (χ2n) is 3.04. The lowest BCUT2D eigenvalue weighted by Crippen LogP contribution is -2.46. The molecular formula is C8H8B3N3. The zero-order chi connectivity index (χ0) is 9.97.